The largest absolute Gasteiger partial charge is 0.481 e. The number of rotatable bonds is 3. The van der Waals surface area contributed by atoms with E-state index in [2.05, 4.69) is 37.0 Å². The molecule has 0 amide bonds. The molecule has 0 spiro atoms. The van der Waals surface area contributed by atoms with Crippen LogP contribution in [0, 0.1) is 11.8 Å². The Hall–Kier alpha value is -1.36. The number of aliphatic carboxylic acids is 1. The predicted octanol–water partition coefficient (Wildman–Crippen LogP) is 1.87. The SMILES string of the molecule is CC1CN(Cc2cn(C)nc2C(C)(C)C)CC1C(=O)O. The fourth-order valence-corrected chi connectivity index (χ4v) is 3.04. The molecular formula is C15H25N3O2. The first-order valence-electron chi connectivity index (χ1n) is 7.16. The molecule has 5 nitrogen and oxygen atoms in total. The smallest absolute Gasteiger partial charge is 0.308 e. The van der Waals surface area contributed by atoms with Crippen LogP contribution in [0.3, 0.4) is 0 Å². The van der Waals surface area contributed by atoms with Crippen LogP contribution in [-0.2, 0) is 23.8 Å². The third-order valence-corrected chi connectivity index (χ3v) is 4.01. The Balaban J connectivity index is 2.14. The van der Waals surface area contributed by atoms with Gasteiger partial charge in [0.15, 0.2) is 0 Å². The Morgan fingerprint density at radius 3 is 2.60 bits per heavy atom. The Labute approximate surface area is 120 Å². The van der Waals surface area contributed by atoms with E-state index in [1.54, 1.807) is 0 Å². The fourth-order valence-electron chi connectivity index (χ4n) is 3.04. The molecular weight excluding hydrogens is 254 g/mol. The van der Waals surface area contributed by atoms with Gasteiger partial charge in [-0.2, -0.15) is 5.10 Å². The average molecular weight is 279 g/mol. The van der Waals surface area contributed by atoms with E-state index >= 15 is 0 Å². The van der Waals surface area contributed by atoms with Crippen LogP contribution >= 0.6 is 0 Å². The standard InChI is InChI=1S/C15H25N3O2/c1-10-6-18(9-12(10)14(19)20)8-11-7-17(5)16-13(11)15(2,3)4/h7,10,12H,6,8-9H2,1-5H3,(H,19,20). The Kier molecular flexibility index (Phi) is 3.91. The lowest BCUT2D eigenvalue weighted by Gasteiger charge is -2.20. The molecule has 0 bridgehead atoms. The molecule has 20 heavy (non-hydrogen) atoms. The van der Waals surface area contributed by atoms with E-state index in [9.17, 15) is 9.90 Å². The normalized spacial score (nSPS) is 24.2. The lowest BCUT2D eigenvalue weighted by atomic mass is 9.89. The summed E-state index contributed by atoms with van der Waals surface area (Å²) in [4.78, 5) is 13.4. The summed E-state index contributed by atoms with van der Waals surface area (Å²) in [5, 5.41) is 13.8. The Morgan fingerprint density at radius 2 is 2.10 bits per heavy atom. The van der Waals surface area contributed by atoms with E-state index in [-0.39, 0.29) is 17.3 Å². The van der Waals surface area contributed by atoms with Crippen LogP contribution in [0.2, 0.25) is 0 Å². The maximum absolute atomic E-state index is 11.2. The van der Waals surface area contributed by atoms with Crippen LogP contribution in [0.1, 0.15) is 39.0 Å². The summed E-state index contributed by atoms with van der Waals surface area (Å²) in [5.41, 5.74) is 2.32. The van der Waals surface area contributed by atoms with Gasteiger partial charge in [-0.1, -0.05) is 27.7 Å². The van der Waals surface area contributed by atoms with Gasteiger partial charge in [-0.15, -0.1) is 0 Å². The van der Waals surface area contributed by atoms with Crippen molar-refractivity contribution in [1.29, 1.82) is 0 Å². The van der Waals surface area contributed by atoms with Crippen molar-refractivity contribution in [3.05, 3.63) is 17.5 Å². The summed E-state index contributed by atoms with van der Waals surface area (Å²) in [5.74, 6) is -0.714. The lowest BCUT2D eigenvalue weighted by molar-refractivity contribution is -0.142. The zero-order chi connectivity index (χ0) is 15.1. The van der Waals surface area contributed by atoms with Crippen molar-refractivity contribution in [1.82, 2.24) is 14.7 Å². The van der Waals surface area contributed by atoms with Crippen molar-refractivity contribution in [2.45, 2.75) is 39.7 Å². The summed E-state index contributed by atoms with van der Waals surface area (Å²) in [6, 6.07) is 0. The highest BCUT2D eigenvalue weighted by Crippen LogP contribution is 2.28. The number of carboxylic acids is 1. The zero-order valence-corrected chi connectivity index (χ0v) is 13.1. The van der Waals surface area contributed by atoms with Crippen LogP contribution in [0.25, 0.3) is 0 Å². The molecule has 1 aromatic heterocycles. The maximum atomic E-state index is 11.2. The second-order valence-corrected chi connectivity index (χ2v) is 7.04. The lowest BCUT2D eigenvalue weighted by Crippen LogP contribution is -2.24. The van der Waals surface area contributed by atoms with Crippen LogP contribution in [-0.4, -0.2) is 38.8 Å². The quantitative estimate of drug-likeness (QED) is 0.917. The summed E-state index contributed by atoms with van der Waals surface area (Å²) in [7, 11) is 1.94. The van der Waals surface area contributed by atoms with Crippen molar-refractivity contribution in [2.24, 2.45) is 18.9 Å². The molecule has 112 valence electrons. The summed E-state index contributed by atoms with van der Waals surface area (Å²) < 4.78 is 1.85. The van der Waals surface area contributed by atoms with Crippen molar-refractivity contribution >= 4 is 5.97 Å². The number of hydrogen-bond donors (Lipinski definition) is 1. The molecule has 5 heteroatoms. The number of likely N-dealkylation sites (tertiary alicyclic amines) is 1. The fraction of sp³-hybridized carbons (Fsp3) is 0.733. The molecule has 1 aliphatic heterocycles. The van der Waals surface area contributed by atoms with Crippen LogP contribution in [0.15, 0.2) is 6.20 Å². The first-order valence-corrected chi connectivity index (χ1v) is 7.16. The summed E-state index contributed by atoms with van der Waals surface area (Å²) >= 11 is 0. The predicted molar refractivity (Wildman–Crippen MR) is 77.5 cm³/mol. The van der Waals surface area contributed by atoms with E-state index in [4.69, 9.17) is 0 Å². The Morgan fingerprint density at radius 1 is 1.45 bits per heavy atom. The molecule has 1 N–H and O–H groups in total. The molecule has 0 radical (unpaired) electrons. The third-order valence-electron chi connectivity index (χ3n) is 4.01. The van der Waals surface area contributed by atoms with Gasteiger partial charge in [0.1, 0.15) is 0 Å². The summed E-state index contributed by atoms with van der Waals surface area (Å²) in [6.45, 7) is 10.8. The molecule has 2 heterocycles. The number of nitrogens with zero attached hydrogens (tertiary/aromatic N) is 3. The molecule has 2 atom stereocenters. The average Bonchev–Trinajstić information content (AvgIpc) is 2.82. The highest BCUT2D eigenvalue weighted by molar-refractivity contribution is 5.71. The molecule has 0 saturated carbocycles. The number of aryl methyl sites for hydroxylation is 1. The topological polar surface area (TPSA) is 58.4 Å². The zero-order valence-electron chi connectivity index (χ0n) is 13.1. The van der Waals surface area contributed by atoms with E-state index in [1.807, 2.05) is 18.7 Å². The number of carboxylic acid groups (broad SMARTS) is 1. The maximum Gasteiger partial charge on any atom is 0.308 e. The molecule has 2 unspecified atom stereocenters. The highest BCUT2D eigenvalue weighted by atomic mass is 16.4. The van der Waals surface area contributed by atoms with E-state index < -0.39 is 5.97 Å². The van der Waals surface area contributed by atoms with E-state index in [0.717, 1.165) is 18.8 Å². The van der Waals surface area contributed by atoms with Crippen molar-refractivity contribution < 1.29 is 9.90 Å². The van der Waals surface area contributed by atoms with Crippen molar-refractivity contribution in [2.75, 3.05) is 13.1 Å². The van der Waals surface area contributed by atoms with Gasteiger partial charge in [-0.05, 0) is 5.92 Å². The molecule has 1 aromatic rings. The van der Waals surface area contributed by atoms with E-state index in [1.165, 1.54) is 5.56 Å². The van der Waals surface area contributed by atoms with Crippen molar-refractivity contribution in [3.8, 4) is 0 Å². The molecule has 2 rings (SSSR count). The van der Waals surface area contributed by atoms with Gasteiger partial charge in [-0.25, -0.2) is 0 Å². The molecule has 0 aromatic carbocycles. The van der Waals surface area contributed by atoms with Gasteiger partial charge in [0.05, 0.1) is 11.6 Å². The van der Waals surface area contributed by atoms with Crippen molar-refractivity contribution in [3.63, 3.8) is 0 Å². The minimum atomic E-state index is -0.678. The highest BCUT2D eigenvalue weighted by Gasteiger charge is 2.35. The van der Waals surface area contributed by atoms with Gasteiger partial charge in [0.2, 0.25) is 0 Å². The number of hydrogen-bond acceptors (Lipinski definition) is 3. The van der Waals surface area contributed by atoms with Crippen LogP contribution < -0.4 is 0 Å². The molecule has 1 fully saturated rings. The first-order chi connectivity index (χ1) is 9.18. The van der Waals surface area contributed by atoms with Gasteiger partial charge in [0, 0.05) is 43.9 Å². The van der Waals surface area contributed by atoms with Gasteiger partial charge >= 0.3 is 5.97 Å². The molecule has 0 aliphatic carbocycles. The second-order valence-electron chi connectivity index (χ2n) is 7.04. The monoisotopic (exact) mass is 279 g/mol. The number of aromatic nitrogens is 2. The first kappa shape index (κ1) is 15.0. The minimum absolute atomic E-state index is 0.00807. The van der Waals surface area contributed by atoms with Gasteiger partial charge in [-0.3, -0.25) is 14.4 Å². The summed E-state index contributed by atoms with van der Waals surface area (Å²) in [6.07, 6.45) is 2.05. The minimum Gasteiger partial charge on any atom is -0.481 e. The van der Waals surface area contributed by atoms with Crippen LogP contribution in [0.5, 0.6) is 0 Å². The third kappa shape index (κ3) is 3.03. The molecule has 1 saturated heterocycles. The van der Waals surface area contributed by atoms with Crippen LogP contribution in [0.4, 0.5) is 0 Å². The Bertz CT molecular complexity index is 502. The second kappa shape index (κ2) is 5.20. The number of carbonyl (C=O) groups is 1. The van der Waals surface area contributed by atoms with Gasteiger partial charge in [0.25, 0.3) is 0 Å². The van der Waals surface area contributed by atoms with E-state index in [0.29, 0.717) is 6.54 Å². The molecule has 1 aliphatic rings. The van der Waals surface area contributed by atoms with Gasteiger partial charge < -0.3 is 5.11 Å².